The highest BCUT2D eigenvalue weighted by Gasteiger charge is 2.06. The van der Waals surface area contributed by atoms with E-state index in [-0.39, 0.29) is 5.69 Å². The van der Waals surface area contributed by atoms with Crippen molar-refractivity contribution >= 4 is 23.9 Å². The van der Waals surface area contributed by atoms with E-state index in [0.29, 0.717) is 10.9 Å². The Kier molecular flexibility index (Phi) is 3.29. The molecule has 0 fully saturated rings. The summed E-state index contributed by atoms with van der Waals surface area (Å²) in [5.41, 5.74) is -0.228. The first-order valence-electron chi connectivity index (χ1n) is 4.72. The van der Waals surface area contributed by atoms with Crippen LogP contribution in [-0.4, -0.2) is 21.1 Å². The fraction of sp³-hybridized carbons (Fsp3) is 0.100. The van der Waals surface area contributed by atoms with Gasteiger partial charge in [-0.3, -0.25) is 4.79 Å². The monoisotopic (exact) mass is 250 g/mol. The number of aromatic nitrogens is 3. The van der Waals surface area contributed by atoms with Gasteiger partial charge < -0.3 is 10.3 Å². The summed E-state index contributed by atoms with van der Waals surface area (Å²) in [5.74, 6) is 6.19. The van der Waals surface area contributed by atoms with Gasteiger partial charge in [-0.1, -0.05) is 11.8 Å². The van der Waals surface area contributed by atoms with E-state index >= 15 is 0 Å². The summed E-state index contributed by atoms with van der Waals surface area (Å²) in [7, 11) is 0. The van der Waals surface area contributed by atoms with Crippen LogP contribution in [0.4, 0.5) is 0 Å². The van der Waals surface area contributed by atoms with Gasteiger partial charge in [-0.2, -0.15) is 4.68 Å². The Hall–Kier alpha value is -2.02. The first-order valence-corrected chi connectivity index (χ1v) is 5.95. The number of hydrogen-bond acceptors (Lipinski definition) is 6. The van der Waals surface area contributed by atoms with Gasteiger partial charge in [-0.25, -0.2) is 0 Å². The Labute approximate surface area is 101 Å². The molecule has 0 atom stereocenters. The van der Waals surface area contributed by atoms with E-state index in [1.165, 1.54) is 17.8 Å². The number of furan rings is 1. The summed E-state index contributed by atoms with van der Waals surface area (Å²) in [6, 6.07) is 3.52. The van der Waals surface area contributed by atoms with Gasteiger partial charge in [0.1, 0.15) is 5.76 Å². The van der Waals surface area contributed by atoms with Crippen molar-refractivity contribution in [3.8, 4) is 0 Å². The van der Waals surface area contributed by atoms with Crippen molar-refractivity contribution in [1.29, 1.82) is 0 Å². The fourth-order valence-corrected chi connectivity index (χ4v) is 1.59. The Morgan fingerprint density at radius 3 is 2.94 bits per heavy atom. The van der Waals surface area contributed by atoms with Crippen LogP contribution in [0.5, 0.6) is 0 Å². The van der Waals surface area contributed by atoms with E-state index in [9.17, 15) is 4.79 Å². The van der Waals surface area contributed by atoms with Gasteiger partial charge in [-0.15, -0.1) is 10.2 Å². The quantitative estimate of drug-likeness (QED) is 0.641. The largest absolute Gasteiger partial charge is 0.465 e. The van der Waals surface area contributed by atoms with Crippen LogP contribution in [0.3, 0.4) is 0 Å². The molecular formula is C10H10N4O2S. The highest BCUT2D eigenvalue weighted by Crippen LogP contribution is 2.07. The van der Waals surface area contributed by atoms with Gasteiger partial charge in [-0.05, 0) is 30.5 Å². The number of nitrogen functional groups attached to an aromatic ring is 1. The molecule has 0 amide bonds. The molecule has 0 aliphatic rings. The summed E-state index contributed by atoms with van der Waals surface area (Å²) in [6.45, 7) is 0. The Morgan fingerprint density at radius 1 is 1.47 bits per heavy atom. The fourth-order valence-electron chi connectivity index (χ4n) is 1.19. The maximum Gasteiger partial charge on any atom is 0.298 e. The number of thioether (sulfide) groups is 1. The molecule has 6 nitrogen and oxygen atoms in total. The van der Waals surface area contributed by atoms with Gasteiger partial charge in [0.2, 0.25) is 5.16 Å². The van der Waals surface area contributed by atoms with Crippen molar-refractivity contribution in [3.63, 3.8) is 0 Å². The van der Waals surface area contributed by atoms with Gasteiger partial charge in [0.25, 0.3) is 5.56 Å². The van der Waals surface area contributed by atoms with Crippen LogP contribution in [-0.2, 0) is 0 Å². The van der Waals surface area contributed by atoms with Gasteiger partial charge >= 0.3 is 0 Å². The zero-order valence-corrected chi connectivity index (χ0v) is 9.85. The lowest BCUT2D eigenvalue weighted by Crippen LogP contribution is -2.32. The van der Waals surface area contributed by atoms with Crippen LogP contribution in [0.2, 0.25) is 0 Å². The molecule has 0 aliphatic carbocycles. The second kappa shape index (κ2) is 4.88. The smallest absolute Gasteiger partial charge is 0.298 e. The third kappa shape index (κ3) is 2.39. The minimum Gasteiger partial charge on any atom is -0.465 e. The standard InChI is InChI=1S/C10H10N4O2S/c1-17-10-13-12-8(9(15)14(10)11)5-4-7-3-2-6-16-7/h2-6H,11H2,1H3/b5-4+. The van der Waals surface area contributed by atoms with Crippen LogP contribution < -0.4 is 11.4 Å². The topological polar surface area (TPSA) is 86.9 Å². The first kappa shape index (κ1) is 11.5. The summed E-state index contributed by atoms with van der Waals surface area (Å²) in [5, 5.41) is 7.99. The first-order chi connectivity index (χ1) is 8.22. The van der Waals surface area contributed by atoms with Gasteiger partial charge in [0.05, 0.1) is 6.26 Å². The predicted molar refractivity (Wildman–Crippen MR) is 65.9 cm³/mol. The van der Waals surface area contributed by atoms with E-state index in [4.69, 9.17) is 10.3 Å². The Bertz CT molecular complexity index is 589. The number of nitrogens with zero attached hydrogens (tertiary/aromatic N) is 3. The molecule has 2 aromatic rings. The third-order valence-electron chi connectivity index (χ3n) is 2.02. The molecule has 2 rings (SSSR count). The summed E-state index contributed by atoms with van der Waals surface area (Å²) in [4.78, 5) is 11.7. The molecule has 0 aliphatic heterocycles. The molecule has 0 spiro atoms. The Morgan fingerprint density at radius 2 is 2.29 bits per heavy atom. The molecule has 0 unspecified atom stereocenters. The van der Waals surface area contributed by atoms with Crippen LogP contribution in [0.1, 0.15) is 11.5 Å². The molecule has 0 saturated heterocycles. The predicted octanol–water partition coefficient (Wildman–Crippen LogP) is 0.837. The van der Waals surface area contributed by atoms with Gasteiger partial charge in [0, 0.05) is 0 Å². The molecule has 2 aromatic heterocycles. The molecule has 17 heavy (non-hydrogen) atoms. The zero-order valence-electron chi connectivity index (χ0n) is 9.03. The minimum absolute atomic E-state index is 0.168. The summed E-state index contributed by atoms with van der Waals surface area (Å²) >= 11 is 1.26. The van der Waals surface area contributed by atoms with Crippen LogP contribution in [0.15, 0.2) is 32.8 Å². The lowest BCUT2D eigenvalue weighted by atomic mass is 10.3. The maximum atomic E-state index is 11.7. The summed E-state index contributed by atoms with van der Waals surface area (Å²) < 4.78 is 6.06. The van der Waals surface area contributed by atoms with Crippen molar-refractivity contribution in [3.05, 3.63) is 40.2 Å². The van der Waals surface area contributed by atoms with Crippen molar-refractivity contribution in [2.75, 3.05) is 12.1 Å². The minimum atomic E-state index is -0.396. The zero-order chi connectivity index (χ0) is 12.3. The van der Waals surface area contributed by atoms with Crippen molar-refractivity contribution in [2.45, 2.75) is 5.16 Å². The van der Waals surface area contributed by atoms with E-state index in [1.54, 1.807) is 30.7 Å². The molecule has 0 radical (unpaired) electrons. The van der Waals surface area contributed by atoms with E-state index in [1.807, 2.05) is 0 Å². The highest BCUT2D eigenvalue weighted by molar-refractivity contribution is 7.98. The van der Waals surface area contributed by atoms with Crippen molar-refractivity contribution < 1.29 is 4.42 Å². The SMILES string of the molecule is CSc1nnc(/C=C/c2ccco2)c(=O)n1N. The number of hydrogen-bond donors (Lipinski definition) is 1. The molecular weight excluding hydrogens is 240 g/mol. The Balaban J connectivity index is 2.35. The lowest BCUT2D eigenvalue weighted by molar-refractivity contribution is 0.557. The van der Waals surface area contributed by atoms with E-state index in [2.05, 4.69) is 10.2 Å². The second-order valence-electron chi connectivity index (χ2n) is 3.10. The van der Waals surface area contributed by atoms with Crippen LogP contribution in [0, 0.1) is 0 Å². The lowest BCUT2D eigenvalue weighted by Gasteiger charge is -2.02. The maximum absolute atomic E-state index is 11.7. The average molecular weight is 250 g/mol. The van der Waals surface area contributed by atoms with Gasteiger partial charge in [0.15, 0.2) is 5.69 Å². The van der Waals surface area contributed by atoms with Crippen LogP contribution in [0.25, 0.3) is 12.2 Å². The number of rotatable bonds is 3. The van der Waals surface area contributed by atoms with Crippen molar-refractivity contribution in [2.24, 2.45) is 0 Å². The molecule has 88 valence electrons. The number of nitrogens with two attached hydrogens (primary N) is 1. The normalized spacial score (nSPS) is 11.1. The second-order valence-corrected chi connectivity index (χ2v) is 3.87. The highest BCUT2D eigenvalue weighted by atomic mass is 32.2. The summed E-state index contributed by atoms with van der Waals surface area (Å²) in [6.07, 6.45) is 6.46. The molecule has 0 aromatic carbocycles. The van der Waals surface area contributed by atoms with E-state index in [0.717, 1.165) is 4.68 Å². The van der Waals surface area contributed by atoms with Crippen molar-refractivity contribution in [1.82, 2.24) is 14.9 Å². The average Bonchev–Trinajstić information content (AvgIpc) is 2.84. The van der Waals surface area contributed by atoms with E-state index < -0.39 is 5.56 Å². The molecule has 2 N–H and O–H groups in total. The molecule has 0 saturated carbocycles. The third-order valence-corrected chi connectivity index (χ3v) is 2.66. The van der Waals surface area contributed by atoms with Crippen LogP contribution >= 0.6 is 11.8 Å². The molecule has 0 bridgehead atoms. The molecule has 2 heterocycles. The molecule has 7 heteroatoms.